The van der Waals surface area contributed by atoms with Gasteiger partial charge in [0, 0.05) is 25.3 Å². The number of hydrogen-bond acceptors (Lipinski definition) is 7. The van der Waals surface area contributed by atoms with Crippen molar-refractivity contribution in [3.8, 4) is 0 Å². The Morgan fingerprint density at radius 2 is 0.977 bits per heavy atom. The van der Waals surface area contributed by atoms with Crippen LogP contribution in [0.3, 0.4) is 0 Å². The Bertz CT molecular complexity index is 915. The summed E-state index contributed by atoms with van der Waals surface area (Å²) in [6, 6.07) is 2.09. The quantitative estimate of drug-likeness (QED) is 0.121. The van der Waals surface area contributed by atoms with Crippen molar-refractivity contribution in [1.29, 1.82) is 0 Å². The standard InChI is InChI=1S/C32H62O7Si4/c1-33-41(5,21-19-25-15-17-29-31(23-25)35-29)37-40(3,4)38-43(27-11-7-8-12-27,28-13-9-10-14-28)39-42(6,34-2)22-20-26-16-18-30-32(24-26)36-30/h25-32H,7-24H2,1-6H3. The van der Waals surface area contributed by atoms with Crippen LogP contribution in [0.25, 0.3) is 0 Å². The summed E-state index contributed by atoms with van der Waals surface area (Å²) in [5.41, 5.74) is 1.10. The van der Waals surface area contributed by atoms with Crippen LogP contribution in [0, 0.1) is 11.8 Å². The van der Waals surface area contributed by atoms with Gasteiger partial charge >= 0.3 is 34.2 Å². The maximum absolute atomic E-state index is 7.74. The number of rotatable bonds is 16. The third kappa shape index (κ3) is 8.18. The predicted octanol–water partition coefficient (Wildman–Crippen LogP) is 8.42. The SMILES string of the molecule is CO[Si](C)(CCC1CCC2OC2C1)O[Si](C)(C)O[Si](O[Si](C)(CCC1CCC2OC2C1)OC)(C1CCCC1)C1CCCC1. The van der Waals surface area contributed by atoms with Gasteiger partial charge in [0.2, 0.25) is 0 Å². The largest absolute Gasteiger partial charge is 0.415 e. The summed E-state index contributed by atoms with van der Waals surface area (Å²) in [5, 5.41) is 0. The summed E-state index contributed by atoms with van der Waals surface area (Å²) in [6.07, 6.45) is 22.2. The van der Waals surface area contributed by atoms with E-state index in [-0.39, 0.29) is 0 Å². The Balaban J connectivity index is 1.18. The minimum Gasteiger partial charge on any atom is -0.415 e. The van der Waals surface area contributed by atoms with Crippen molar-refractivity contribution in [2.45, 2.75) is 177 Å². The van der Waals surface area contributed by atoms with E-state index in [1.165, 1.54) is 103 Å². The van der Waals surface area contributed by atoms with Gasteiger partial charge in [-0.15, -0.1) is 0 Å². The molecule has 0 spiro atoms. The van der Waals surface area contributed by atoms with Crippen molar-refractivity contribution in [2.24, 2.45) is 11.8 Å². The molecule has 6 aliphatic rings. The van der Waals surface area contributed by atoms with E-state index in [0.717, 1.165) is 23.9 Å². The Morgan fingerprint density at radius 1 is 0.535 bits per heavy atom. The first-order valence-electron chi connectivity index (χ1n) is 18.1. The van der Waals surface area contributed by atoms with Crippen molar-refractivity contribution in [3.63, 3.8) is 0 Å². The molecular formula is C32H62O7Si4. The van der Waals surface area contributed by atoms with Crippen LogP contribution in [0.2, 0.25) is 49.4 Å². The van der Waals surface area contributed by atoms with Gasteiger partial charge in [0.15, 0.2) is 0 Å². The molecule has 8 unspecified atom stereocenters. The summed E-state index contributed by atoms with van der Waals surface area (Å²) < 4.78 is 47.1. The molecule has 248 valence electrons. The van der Waals surface area contributed by atoms with E-state index in [4.69, 9.17) is 30.7 Å². The van der Waals surface area contributed by atoms with Crippen LogP contribution in [0.1, 0.15) is 103 Å². The third-order valence-electron chi connectivity index (χ3n) is 12.2. The highest BCUT2D eigenvalue weighted by molar-refractivity contribution is 6.90. The van der Waals surface area contributed by atoms with E-state index >= 15 is 0 Å². The molecule has 4 aliphatic carbocycles. The van der Waals surface area contributed by atoms with Crippen LogP contribution in [0.5, 0.6) is 0 Å². The van der Waals surface area contributed by atoms with Gasteiger partial charge in [-0.25, -0.2) is 0 Å². The first-order valence-corrected chi connectivity index (χ1v) is 27.9. The third-order valence-corrected chi connectivity index (χ3v) is 29.7. The maximum Gasteiger partial charge on any atom is 0.327 e. The van der Waals surface area contributed by atoms with E-state index in [9.17, 15) is 0 Å². The molecular weight excluding hydrogens is 609 g/mol. The number of hydrogen-bond donors (Lipinski definition) is 0. The fourth-order valence-electron chi connectivity index (χ4n) is 9.43. The van der Waals surface area contributed by atoms with E-state index in [1.807, 2.05) is 14.2 Å². The Hall–Kier alpha value is 0.588. The van der Waals surface area contributed by atoms with Gasteiger partial charge in [0.25, 0.3) is 0 Å². The fraction of sp³-hybridized carbons (Fsp3) is 1.00. The van der Waals surface area contributed by atoms with Gasteiger partial charge in [-0.2, -0.15) is 0 Å². The molecule has 0 radical (unpaired) electrons. The summed E-state index contributed by atoms with van der Waals surface area (Å²) in [5.74, 6) is 1.48. The summed E-state index contributed by atoms with van der Waals surface area (Å²) >= 11 is 0. The molecule has 11 heteroatoms. The van der Waals surface area contributed by atoms with Crippen molar-refractivity contribution in [1.82, 2.24) is 0 Å². The average Bonchev–Trinajstić information content (AvgIpc) is 3.76. The lowest BCUT2D eigenvalue weighted by Crippen LogP contribution is -2.64. The maximum atomic E-state index is 7.74. The molecule has 0 aromatic rings. The second-order valence-corrected chi connectivity index (χ2v) is 30.6. The summed E-state index contributed by atoms with van der Waals surface area (Å²) in [6.45, 7) is 9.24. The Morgan fingerprint density at radius 3 is 1.40 bits per heavy atom. The van der Waals surface area contributed by atoms with Crippen LogP contribution < -0.4 is 0 Å². The minimum atomic E-state index is -2.69. The van der Waals surface area contributed by atoms with E-state index in [0.29, 0.717) is 35.5 Å². The first kappa shape index (κ1) is 33.5. The van der Waals surface area contributed by atoms with Gasteiger partial charge in [0.1, 0.15) is 0 Å². The van der Waals surface area contributed by atoms with Crippen molar-refractivity contribution >= 4 is 34.2 Å². The summed E-state index contributed by atoms with van der Waals surface area (Å²) in [4.78, 5) is 0. The van der Waals surface area contributed by atoms with Gasteiger partial charge < -0.3 is 30.7 Å². The normalized spacial score (nSPS) is 36.1. The molecule has 6 fully saturated rings. The van der Waals surface area contributed by atoms with Crippen molar-refractivity contribution in [2.75, 3.05) is 14.2 Å². The zero-order chi connectivity index (χ0) is 30.3. The van der Waals surface area contributed by atoms with Crippen LogP contribution in [-0.4, -0.2) is 72.9 Å². The van der Waals surface area contributed by atoms with Crippen LogP contribution in [0.15, 0.2) is 0 Å². The number of epoxide rings is 2. The highest BCUT2D eigenvalue weighted by atomic mass is 28.5. The summed E-state index contributed by atoms with van der Waals surface area (Å²) in [7, 11) is -6.35. The number of fused-ring (bicyclic) bond motifs is 2. The van der Waals surface area contributed by atoms with Crippen LogP contribution in [0.4, 0.5) is 0 Å². The first-order chi connectivity index (χ1) is 20.5. The molecule has 7 nitrogen and oxygen atoms in total. The lowest BCUT2D eigenvalue weighted by molar-refractivity contribution is 0.214. The lowest BCUT2D eigenvalue weighted by Gasteiger charge is -2.49. The van der Waals surface area contributed by atoms with Crippen LogP contribution >= 0.6 is 0 Å². The minimum absolute atomic E-state index is 0.530. The molecule has 0 aromatic carbocycles. The number of ether oxygens (including phenoxy) is 2. The van der Waals surface area contributed by atoms with Gasteiger partial charge in [0.05, 0.1) is 24.4 Å². The molecule has 6 rings (SSSR count). The monoisotopic (exact) mass is 670 g/mol. The Labute approximate surface area is 266 Å². The van der Waals surface area contributed by atoms with Crippen LogP contribution in [-0.2, 0) is 30.7 Å². The second kappa shape index (κ2) is 13.6. The van der Waals surface area contributed by atoms with Gasteiger partial charge in [-0.1, -0.05) is 25.7 Å². The van der Waals surface area contributed by atoms with E-state index in [1.54, 1.807) is 0 Å². The lowest BCUT2D eigenvalue weighted by atomic mass is 9.88. The van der Waals surface area contributed by atoms with E-state index < -0.39 is 34.2 Å². The smallest absolute Gasteiger partial charge is 0.327 e. The molecule has 4 saturated carbocycles. The molecule has 2 saturated heterocycles. The predicted molar refractivity (Wildman–Crippen MR) is 179 cm³/mol. The van der Waals surface area contributed by atoms with Crippen molar-refractivity contribution < 1.29 is 30.7 Å². The topological polar surface area (TPSA) is 71.2 Å². The molecule has 0 amide bonds. The molecule has 0 N–H and O–H groups in total. The molecule has 2 aliphatic heterocycles. The second-order valence-electron chi connectivity index (χ2n) is 15.9. The van der Waals surface area contributed by atoms with E-state index in [2.05, 4.69) is 26.2 Å². The Kier molecular flexibility index (Phi) is 10.6. The highest BCUT2D eigenvalue weighted by Crippen LogP contribution is 2.54. The molecule has 8 atom stereocenters. The fourth-order valence-corrected chi connectivity index (χ4v) is 30.0. The molecule has 0 bridgehead atoms. The molecule has 43 heavy (non-hydrogen) atoms. The van der Waals surface area contributed by atoms with Gasteiger partial charge in [-0.3, -0.25) is 0 Å². The van der Waals surface area contributed by atoms with Gasteiger partial charge in [-0.05, 0) is 127 Å². The molecule has 2 heterocycles. The molecule has 0 aromatic heterocycles. The zero-order valence-corrected chi connectivity index (χ0v) is 32.2. The average molecular weight is 671 g/mol. The zero-order valence-electron chi connectivity index (χ0n) is 28.2. The van der Waals surface area contributed by atoms with Crippen molar-refractivity contribution in [3.05, 3.63) is 0 Å². The highest BCUT2D eigenvalue weighted by Gasteiger charge is 2.60.